The van der Waals surface area contributed by atoms with E-state index < -0.39 is 0 Å². The molecule has 164 valence electrons. The van der Waals surface area contributed by atoms with Gasteiger partial charge < -0.3 is 14.2 Å². The van der Waals surface area contributed by atoms with Crippen molar-refractivity contribution in [1.29, 1.82) is 0 Å². The van der Waals surface area contributed by atoms with Gasteiger partial charge in [-0.25, -0.2) is 4.98 Å². The Morgan fingerprint density at radius 1 is 0.906 bits per heavy atom. The molecule has 0 bridgehead atoms. The Morgan fingerprint density at radius 2 is 1.59 bits per heavy atom. The van der Waals surface area contributed by atoms with Crippen molar-refractivity contribution in [2.24, 2.45) is 0 Å². The van der Waals surface area contributed by atoms with Crippen LogP contribution in [0.5, 0.6) is 17.2 Å². The maximum atomic E-state index is 13.7. The van der Waals surface area contributed by atoms with Crippen molar-refractivity contribution in [2.45, 2.75) is 13.5 Å². The van der Waals surface area contributed by atoms with Gasteiger partial charge in [0.25, 0.3) is 5.91 Å². The number of rotatable bonds is 7. The number of anilines is 1. The first-order valence-electron chi connectivity index (χ1n) is 10.1. The number of thiazole rings is 1. The van der Waals surface area contributed by atoms with Gasteiger partial charge in [-0.15, -0.1) is 0 Å². The smallest absolute Gasteiger partial charge is 0.260 e. The monoisotopic (exact) mass is 448 g/mol. The summed E-state index contributed by atoms with van der Waals surface area (Å²) >= 11 is 1.48. The molecule has 4 aromatic rings. The first kappa shape index (κ1) is 21.6. The minimum Gasteiger partial charge on any atom is -0.494 e. The minimum atomic E-state index is -0.175. The van der Waals surface area contributed by atoms with Crippen molar-refractivity contribution in [2.75, 3.05) is 26.2 Å². The van der Waals surface area contributed by atoms with E-state index in [4.69, 9.17) is 19.2 Å². The maximum Gasteiger partial charge on any atom is 0.260 e. The SMILES string of the molecule is COc1ccc(C(=O)N(Cc2ccccc2)c2nc3c(OC)ccc(C)c3s2)cc1OC. The first-order valence-corrected chi connectivity index (χ1v) is 10.9. The normalized spacial score (nSPS) is 10.8. The van der Waals surface area contributed by atoms with E-state index in [9.17, 15) is 4.79 Å². The van der Waals surface area contributed by atoms with Gasteiger partial charge in [0.05, 0.1) is 32.6 Å². The van der Waals surface area contributed by atoms with Crippen LogP contribution in [0.2, 0.25) is 0 Å². The lowest BCUT2D eigenvalue weighted by Crippen LogP contribution is -2.30. The molecule has 1 aromatic heterocycles. The van der Waals surface area contributed by atoms with Crippen LogP contribution in [0.25, 0.3) is 10.2 Å². The summed E-state index contributed by atoms with van der Waals surface area (Å²) in [7, 11) is 4.74. The molecule has 7 heteroatoms. The molecular weight excluding hydrogens is 424 g/mol. The van der Waals surface area contributed by atoms with Crippen LogP contribution in [0, 0.1) is 6.92 Å². The van der Waals surface area contributed by atoms with Crippen molar-refractivity contribution in [1.82, 2.24) is 4.98 Å². The van der Waals surface area contributed by atoms with Crippen LogP contribution in [0.1, 0.15) is 21.5 Å². The molecule has 0 spiro atoms. The van der Waals surface area contributed by atoms with Gasteiger partial charge in [0.1, 0.15) is 11.3 Å². The fourth-order valence-corrected chi connectivity index (χ4v) is 4.55. The van der Waals surface area contributed by atoms with E-state index in [1.165, 1.54) is 11.3 Å². The number of ether oxygens (including phenoxy) is 3. The van der Waals surface area contributed by atoms with E-state index in [-0.39, 0.29) is 5.91 Å². The second kappa shape index (κ2) is 9.28. The summed E-state index contributed by atoms with van der Waals surface area (Å²) < 4.78 is 17.2. The lowest BCUT2D eigenvalue weighted by molar-refractivity contribution is 0.0984. The zero-order chi connectivity index (χ0) is 22.7. The van der Waals surface area contributed by atoms with E-state index in [0.717, 1.165) is 21.3 Å². The van der Waals surface area contributed by atoms with Crippen LogP contribution in [-0.4, -0.2) is 32.2 Å². The fraction of sp³-hybridized carbons (Fsp3) is 0.200. The molecule has 1 amide bonds. The zero-order valence-electron chi connectivity index (χ0n) is 18.4. The summed E-state index contributed by atoms with van der Waals surface area (Å²) in [6.45, 7) is 2.41. The number of hydrogen-bond acceptors (Lipinski definition) is 6. The molecule has 0 radical (unpaired) electrons. The number of fused-ring (bicyclic) bond motifs is 1. The molecule has 0 saturated carbocycles. The van der Waals surface area contributed by atoms with E-state index in [1.54, 1.807) is 44.4 Å². The van der Waals surface area contributed by atoms with Crippen molar-refractivity contribution in [3.05, 3.63) is 77.4 Å². The average molecular weight is 449 g/mol. The largest absolute Gasteiger partial charge is 0.494 e. The number of aromatic nitrogens is 1. The average Bonchev–Trinajstić information content (AvgIpc) is 3.28. The summed E-state index contributed by atoms with van der Waals surface area (Å²) in [6, 6.07) is 18.9. The number of aryl methyl sites for hydroxylation is 1. The molecule has 0 saturated heterocycles. The summed E-state index contributed by atoms with van der Waals surface area (Å²) in [5.74, 6) is 1.58. The molecule has 1 heterocycles. The van der Waals surface area contributed by atoms with E-state index in [1.807, 2.05) is 49.4 Å². The molecule has 0 N–H and O–H groups in total. The van der Waals surface area contributed by atoms with Crippen LogP contribution in [0.15, 0.2) is 60.7 Å². The van der Waals surface area contributed by atoms with Crippen LogP contribution >= 0.6 is 11.3 Å². The van der Waals surface area contributed by atoms with Crippen molar-refractivity contribution in [3.63, 3.8) is 0 Å². The first-order chi connectivity index (χ1) is 15.5. The molecule has 0 atom stereocenters. The maximum absolute atomic E-state index is 13.7. The summed E-state index contributed by atoms with van der Waals surface area (Å²) in [6.07, 6.45) is 0. The van der Waals surface area contributed by atoms with Crippen LogP contribution < -0.4 is 19.1 Å². The van der Waals surface area contributed by atoms with Gasteiger partial charge in [0.15, 0.2) is 16.6 Å². The number of carbonyl (C=O) groups excluding carboxylic acids is 1. The third-order valence-electron chi connectivity index (χ3n) is 5.20. The van der Waals surface area contributed by atoms with E-state index in [0.29, 0.717) is 34.5 Å². The molecule has 0 fully saturated rings. The Labute approximate surface area is 191 Å². The van der Waals surface area contributed by atoms with Gasteiger partial charge in [-0.05, 0) is 42.3 Å². The molecule has 0 aliphatic rings. The topological polar surface area (TPSA) is 60.9 Å². The molecular formula is C25H24N2O4S. The van der Waals surface area contributed by atoms with Gasteiger partial charge >= 0.3 is 0 Å². The highest BCUT2D eigenvalue weighted by atomic mass is 32.1. The molecule has 0 aliphatic heterocycles. The Hall–Kier alpha value is -3.58. The summed E-state index contributed by atoms with van der Waals surface area (Å²) in [4.78, 5) is 20.2. The summed E-state index contributed by atoms with van der Waals surface area (Å²) in [5.41, 5.74) is 3.33. The summed E-state index contributed by atoms with van der Waals surface area (Å²) in [5, 5.41) is 0.608. The predicted molar refractivity (Wildman–Crippen MR) is 127 cm³/mol. The molecule has 6 nitrogen and oxygen atoms in total. The third kappa shape index (κ3) is 4.11. The number of benzene rings is 3. The molecule has 3 aromatic carbocycles. The second-order valence-corrected chi connectivity index (χ2v) is 8.18. The van der Waals surface area contributed by atoms with Gasteiger partial charge in [-0.1, -0.05) is 47.7 Å². The lowest BCUT2D eigenvalue weighted by atomic mass is 10.1. The number of hydrogen-bond donors (Lipinski definition) is 0. The quantitative estimate of drug-likeness (QED) is 0.375. The Kier molecular flexibility index (Phi) is 6.28. The van der Waals surface area contributed by atoms with Crippen LogP contribution in [0.4, 0.5) is 5.13 Å². The van der Waals surface area contributed by atoms with Crippen LogP contribution in [0.3, 0.4) is 0 Å². The highest BCUT2D eigenvalue weighted by Gasteiger charge is 2.24. The second-order valence-electron chi connectivity index (χ2n) is 7.21. The standard InChI is InChI=1S/C25H24N2O4S/c1-16-10-12-20(30-3)22-23(16)32-25(26-22)27(15-17-8-6-5-7-9-17)24(28)18-11-13-19(29-2)21(14-18)31-4/h5-14H,15H2,1-4H3. The minimum absolute atomic E-state index is 0.175. The van der Waals surface area contributed by atoms with Gasteiger partial charge in [-0.2, -0.15) is 0 Å². The predicted octanol–water partition coefficient (Wildman–Crippen LogP) is 5.48. The third-order valence-corrected chi connectivity index (χ3v) is 6.42. The van der Waals surface area contributed by atoms with Gasteiger partial charge in [-0.3, -0.25) is 9.69 Å². The lowest BCUT2D eigenvalue weighted by Gasteiger charge is -2.21. The van der Waals surface area contributed by atoms with E-state index >= 15 is 0 Å². The zero-order valence-corrected chi connectivity index (χ0v) is 19.2. The molecule has 0 unspecified atom stereocenters. The Bertz CT molecular complexity index is 1250. The van der Waals surface area contributed by atoms with E-state index in [2.05, 4.69) is 0 Å². The Balaban J connectivity index is 1.82. The van der Waals surface area contributed by atoms with Crippen LogP contribution in [-0.2, 0) is 6.54 Å². The number of amides is 1. The molecule has 0 aliphatic carbocycles. The Morgan fingerprint density at radius 3 is 2.28 bits per heavy atom. The molecule has 32 heavy (non-hydrogen) atoms. The number of methoxy groups -OCH3 is 3. The van der Waals surface area contributed by atoms with Crippen molar-refractivity contribution >= 4 is 32.6 Å². The number of carbonyl (C=O) groups is 1. The fourth-order valence-electron chi connectivity index (χ4n) is 3.50. The van der Waals surface area contributed by atoms with Gasteiger partial charge in [0.2, 0.25) is 0 Å². The van der Waals surface area contributed by atoms with Gasteiger partial charge in [0, 0.05) is 5.56 Å². The highest BCUT2D eigenvalue weighted by Crippen LogP contribution is 2.38. The van der Waals surface area contributed by atoms with Crippen molar-refractivity contribution in [3.8, 4) is 17.2 Å². The molecule has 4 rings (SSSR count). The van der Waals surface area contributed by atoms with Crippen molar-refractivity contribution < 1.29 is 19.0 Å². The highest BCUT2D eigenvalue weighted by molar-refractivity contribution is 7.22. The number of nitrogens with zero attached hydrogens (tertiary/aromatic N) is 2.